The van der Waals surface area contributed by atoms with Crippen LogP contribution in [0.15, 0.2) is 0 Å². The second-order valence-electron chi connectivity index (χ2n) is 3.71. The molecular weight excluding hydrogens is 495 g/mol. The van der Waals surface area contributed by atoms with Crippen LogP contribution in [-0.4, -0.2) is 17.2 Å². The standard InChI is InChI=1S/C8H19OP.2BrH.Ir/c1-7(2)5-10(9)6-8(3)4;;;/h7-9H,5-6H2,1-4H3;2*1H;/q;;;+2/p-2. The van der Waals surface area contributed by atoms with Crippen LogP contribution in [0.4, 0.5) is 0 Å². The van der Waals surface area contributed by atoms with Crippen LogP contribution in [0.25, 0.3) is 0 Å². The third-order valence-electron chi connectivity index (χ3n) is 1.15. The van der Waals surface area contributed by atoms with Gasteiger partial charge in [-0.15, -0.1) is 0 Å². The quantitative estimate of drug-likeness (QED) is 0.553. The molecule has 0 aromatic rings. The Morgan fingerprint density at radius 2 is 1.31 bits per heavy atom. The Balaban J connectivity index is 0. The molecule has 0 amide bonds. The molecule has 0 aliphatic rings. The molecule has 0 saturated carbocycles. The zero-order valence-corrected chi connectivity index (χ0v) is 15.0. The molecule has 85 valence electrons. The van der Waals surface area contributed by atoms with Crippen LogP contribution in [0.2, 0.25) is 0 Å². The summed E-state index contributed by atoms with van der Waals surface area (Å²) in [5.41, 5.74) is 0. The van der Waals surface area contributed by atoms with Crippen molar-refractivity contribution in [3.8, 4) is 0 Å². The second-order valence-corrected chi connectivity index (χ2v) is 15.9. The van der Waals surface area contributed by atoms with E-state index in [1.807, 2.05) is 0 Å². The number of halogens is 2. The van der Waals surface area contributed by atoms with E-state index in [0.717, 1.165) is 12.3 Å². The van der Waals surface area contributed by atoms with E-state index in [4.69, 9.17) is 0 Å². The van der Waals surface area contributed by atoms with Gasteiger partial charge >= 0.3 is 40.7 Å². The topological polar surface area (TPSA) is 20.2 Å². The molecule has 5 heteroatoms. The minimum absolute atomic E-state index is 0.125. The van der Waals surface area contributed by atoms with E-state index in [9.17, 15) is 4.89 Å². The van der Waals surface area contributed by atoms with Crippen LogP contribution < -0.4 is 0 Å². The predicted molar refractivity (Wildman–Crippen MR) is 66.4 cm³/mol. The van der Waals surface area contributed by atoms with Crippen molar-refractivity contribution in [2.45, 2.75) is 27.7 Å². The summed E-state index contributed by atoms with van der Waals surface area (Å²) in [7, 11) is -0.659. The Hall–Kier alpha value is 2.00. The Kier molecular flexibility index (Phi) is 16.2. The van der Waals surface area contributed by atoms with Crippen molar-refractivity contribution in [1.82, 2.24) is 0 Å². The molecule has 1 nitrogen and oxygen atoms in total. The van der Waals surface area contributed by atoms with Gasteiger partial charge in [0.05, 0.1) is 0 Å². The average molecular weight is 514 g/mol. The third kappa shape index (κ3) is 20.2. The van der Waals surface area contributed by atoms with Crippen LogP contribution in [0, 0.1) is 11.8 Å². The molecule has 13 heavy (non-hydrogen) atoms. The van der Waals surface area contributed by atoms with Gasteiger partial charge in [-0.05, 0) is 24.2 Å². The molecule has 0 aliphatic heterocycles. The molecule has 0 bridgehead atoms. The summed E-state index contributed by atoms with van der Waals surface area (Å²) < 4.78 is 0. The van der Waals surface area contributed by atoms with E-state index in [1.54, 1.807) is 0 Å². The van der Waals surface area contributed by atoms with E-state index in [1.165, 1.54) is 0 Å². The van der Waals surface area contributed by atoms with Crippen molar-refractivity contribution in [3.05, 3.63) is 0 Å². The monoisotopic (exact) mass is 513 g/mol. The molecule has 0 unspecified atom stereocenters. The van der Waals surface area contributed by atoms with Crippen molar-refractivity contribution in [3.63, 3.8) is 0 Å². The van der Waals surface area contributed by atoms with Crippen molar-refractivity contribution >= 4 is 35.1 Å². The Bertz CT molecular complexity index is 94.1. The molecular formula is C8H19Br2IrOP. The molecule has 0 rings (SSSR count). The van der Waals surface area contributed by atoms with E-state index in [2.05, 4.69) is 54.7 Å². The van der Waals surface area contributed by atoms with Crippen molar-refractivity contribution < 1.29 is 18.6 Å². The Morgan fingerprint density at radius 1 is 1.08 bits per heavy atom. The maximum absolute atomic E-state index is 9.45. The third-order valence-corrected chi connectivity index (χ3v) is 3.46. The first-order valence-corrected chi connectivity index (χ1v) is 16.3. The number of rotatable bonds is 4. The minimum atomic E-state index is -0.659. The number of hydrogen-bond donors (Lipinski definition) is 1. The second kappa shape index (κ2) is 12.1. The molecule has 0 aromatic heterocycles. The van der Waals surface area contributed by atoms with E-state index >= 15 is 0 Å². The predicted octanol–water partition coefficient (Wildman–Crippen LogP) is 4.38. The van der Waals surface area contributed by atoms with Crippen molar-refractivity contribution in [2.75, 3.05) is 12.3 Å². The zero-order valence-electron chi connectivity index (χ0n) is 8.55. The Morgan fingerprint density at radius 3 is 1.46 bits per heavy atom. The summed E-state index contributed by atoms with van der Waals surface area (Å²) in [4.78, 5) is 9.45. The van der Waals surface area contributed by atoms with Crippen LogP contribution in [-0.2, 0) is 13.7 Å². The van der Waals surface area contributed by atoms with Gasteiger partial charge in [-0.25, -0.2) is 0 Å². The van der Waals surface area contributed by atoms with Gasteiger partial charge in [0.1, 0.15) is 0 Å². The van der Waals surface area contributed by atoms with E-state index < -0.39 is 8.15 Å². The zero-order chi connectivity index (χ0) is 10.9. The van der Waals surface area contributed by atoms with Crippen LogP contribution in [0.5, 0.6) is 0 Å². The van der Waals surface area contributed by atoms with Gasteiger partial charge in [0.2, 0.25) is 0 Å². The summed E-state index contributed by atoms with van der Waals surface area (Å²) in [6, 6.07) is 0. The fourth-order valence-electron chi connectivity index (χ4n) is 0.918. The summed E-state index contributed by atoms with van der Waals surface area (Å²) in [6.45, 7) is 8.63. The van der Waals surface area contributed by atoms with Gasteiger partial charge in [-0.1, -0.05) is 27.7 Å². The van der Waals surface area contributed by atoms with Gasteiger partial charge in [0.15, 0.2) is 0 Å². The molecule has 0 saturated heterocycles. The van der Waals surface area contributed by atoms with Gasteiger partial charge in [-0.3, -0.25) is 0 Å². The van der Waals surface area contributed by atoms with Crippen LogP contribution in [0.1, 0.15) is 27.7 Å². The van der Waals surface area contributed by atoms with Gasteiger partial charge in [0.25, 0.3) is 0 Å². The fraction of sp³-hybridized carbons (Fsp3) is 1.00. The van der Waals surface area contributed by atoms with Gasteiger partial charge in [-0.2, -0.15) is 0 Å². The molecule has 0 atom stereocenters. The average Bonchev–Trinajstić information content (AvgIpc) is 1.83. The summed E-state index contributed by atoms with van der Waals surface area (Å²) in [6.07, 6.45) is 2.01. The summed E-state index contributed by atoms with van der Waals surface area (Å²) in [5.74, 6) is 1.30. The maximum atomic E-state index is 9.45. The Labute approximate surface area is 105 Å². The molecule has 0 heterocycles. The van der Waals surface area contributed by atoms with Gasteiger partial charge < -0.3 is 4.89 Å². The number of hydrogen-bond acceptors (Lipinski definition) is 1. The summed E-state index contributed by atoms with van der Waals surface area (Å²) in [5, 5.41) is 0. The molecule has 0 aromatic carbocycles. The van der Waals surface area contributed by atoms with Gasteiger partial charge in [0, 0.05) is 8.15 Å². The molecule has 0 radical (unpaired) electrons. The molecule has 1 N–H and O–H groups in total. The first kappa shape index (κ1) is 17.4. The molecule has 0 spiro atoms. The van der Waals surface area contributed by atoms with Crippen LogP contribution >= 0.6 is 35.1 Å². The van der Waals surface area contributed by atoms with E-state index in [0.29, 0.717) is 11.8 Å². The van der Waals surface area contributed by atoms with Crippen molar-refractivity contribution in [2.24, 2.45) is 11.8 Å². The first-order valence-electron chi connectivity index (χ1n) is 4.21. The van der Waals surface area contributed by atoms with E-state index in [-0.39, 0.29) is 13.7 Å². The molecule has 0 fully saturated rings. The normalized spacial score (nSPS) is 10.9. The fourth-order valence-corrected chi connectivity index (χ4v) is 2.75. The SMILES string of the molecule is CC(C)CP(O)CC(C)C.[Br][Ir][Br]. The summed E-state index contributed by atoms with van der Waals surface area (Å²) >= 11 is 6.50. The van der Waals surface area contributed by atoms with Crippen molar-refractivity contribution in [1.29, 1.82) is 0 Å². The van der Waals surface area contributed by atoms with Crippen LogP contribution in [0.3, 0.4) is 0 Å². The first-order chi connectivity index (χ1) is 5.93. The molecule has 0 aliphatic carbocycles.